The van der Waals surface area contributed by atoms with Crippen molar-refractivity contribution >= 4 is 17.0 Å². The van der Waals surface area contributed by atoms with Gasteiger partial charge in [-0.25, -0.2) is 4.79 Å². The summed E-state index contributed by atoms with van der Waals surface area (Å²) in [6.45, 7) is 6.53. The van der Waals surface area contributed by atoms with Crippen LogP contribution >= 0.6 is 0 Å². The Morgan fingerprint density at radius 3 is 2.56 bits per heavy atom. The van der Waals surface area contributed by atoms with Crippen LogP contribution in [0.1, 0.15) is 24.1 Å². The quantitative estimate of drug-likeness (QED) is 0.670. The lowest BCUT2D eigenvalue weighted by atomic mass is 10.1. The minimum atomic E-state index is -0.660. The predicted molar refractivity (Wildman–Crippen MR) is 104 cm³/mol. The number of carbonyl (C=O) groups is 1. The Kier molecular flexibility index (Phi) is 5.35. The summed E-state index contributed by atoms with van der Waals surface area (Å²) in [5.41, 5.74) is 3.36. The van der Waals surface area contributed by atoms with Gasteiger partial charge in [-0.05, 0) is 56.2 Å². The van der Waals surface area contributed by atoms with Crippen molar-refractivity contribution in [3.05, 3.63) is 64.1 Å². The number of fused-ring (bicyclic) bond motifs is 1. The van der Waals surface area contributed by atoms with Gasteiger partial charge < -0.3 is 14.1 Å². The van der Waals surface area contributed by atoms with Crippen molar-refractivity contribution in [3.63, 3.8) is 0 Å². The first-order valence-electron chi connectivity index (χ1n) is 8.93. The number of aryl methyl sites for hydroxylation is 2. The molecule has 1 aromatic heterocycles. The van der Waals surface area contributed by atoms with Crippen LogP contribution in [0.3, 0.4) is 0 Å². The van der Waals surface area contributed by atoms with Gasteiger partial charge in [0, 0.05) is 7.05 Å². The molecule has 0 fully saturated rings. The molecular weight excluding hydrogens is 344 g/mol. The highest BCUT2D eigenvalue weighted by atomic mass is 16.5. The molecule has 1 amide bonds. The number of nitrogens with zero attached hydrogens (tertiary/aromatic N) is 2. The molecule has 0 saturated carbocycles. The number of likely N-dealkylation sites (N-methyl/N-ethyl adjacent to an activating group) is 1. The van der Waals surface area contributed by atoms with Crippen LogP contribution in [0.2, 0.25) is 0 Å². The molecule has 0 aliphatic carbocycles. The molecule has 6 nitrogen and oxygen atoms in total. The van der Waals surface area contributed by atoms with E-state index in [2.05, 4.69) is 6.07 Å². The van der Waals surface area contributed by atoms with Gasteiger partial charge in [-0.3, -0.25) is 9.36 Å². The molecule has 0 N–H and O–H groups in total. The third-order valence-electron chi connectivity index (χ3n) is 4.53. The van der Waals surface area contributed by atoms with Crippen molar-refractivity contribution in [1.82, 2.24) is 9.47 Å². The van der Waals surface area contributed by atoms with Crippen LogP contribution in [-0.2, 0) is 4.79 Å². The van der Waals surface area contributed by atoms with Crippen LogP contribution in [0.25, 0.3) is 11.1 Å². The zero-order valence-corrected chi connectivity index (χ0v) is 16.1. The molecule has 142 valence electrons. The highest BCUT2D eigenvalue weighted by molar-refractivity contribution is 5.82. The van der Waals surface area contributed by atoms with Crippen molar-refractivity contribution in [3.8, 4) is 5.75 Å². The van der Waals surface area contributed by atoms with Crippen molar-refractivity contribution in [2.75, 3.05) is 20.2 Å². The van der Waals surface area contributed by atoms with Gasteiger partial charge in [0.05, 0.1) is 12.1 Å². The number of ether oxygens (including phenoxy) is 1. The summed E-state index contributed by atoms with van der Waals surface area (Å²) in [7, 11) is 1.71. The maximum absolute atomic E-state index is 12.8. The number of rotatable bonds is 6. The third kappa shape index (κ3) is 4.05. The smallest absolute Gasteiger partial charge is 0.420 e. The van der Waals surface area contributed by atoms with Crippen molar-refractivity contribution in [2.45, 2.75) is 26.8 Å². The second-order valence-corrected chi connectivity index (χ2v) is 6.81. The lowest BCUT2D eigenvalue weighted by Gasteiger charge is -2.22. The second kappa shape index (κ2) is 7.70. The largest absolute Gasteiger partial charge is 0.492 e. The second-order valence-electron chi connectivity index (χ2n) is 6.81. The number of benzene rings is 2. The number of hydrogen-bond acceptors (Lipinski definition) is 4. The van der Waals surface area contributed by atoms with Gasteiger partial charge in [0.25, 0.3) is 0 Å². The lowest BCUT2D eigenvalue weighted by Crippen LogP contribution is -2.38. The normalized spacial score (nSPS) is 12.1. The molecule has 6 heteroatoms. The Morgan fingerprint density at radius 1 is 1.19 bits per heavy atom. The molecule has 1 unspecified atom stereocenters. The zero-order chi connectivity index (χ0) is 19.6. The van der Waals surface area contributed by atoms with Gasteiger partial charge in [-0.1, -0.05) is 18.2 Å². The number of para-hydroxylation sites is 2. The van der Waals surface area contributed by atoms with E-state index in [-0.39, 0.29) is 5.91 Å². The SMILES string of the molecule is Cc1cc(C)cc(OCCN(C)C(=O)C(C)n2c(=O)oc3ccccc32)c1. The van der Waals surface area contributed by atoms with Gasteiger partial charge in [-0.15, -0.1) is 0 Å². The van der Waals surface area contributed by atoms with Crippen molar-refractivity contribution in [1.29, 1.82) is 0 Å². The summed E-state index contributed by atoms with van der Waals surface area (Å²) >= 11 is 0. The predicted octanol–water partition coefficient (Wildman–Crippen LogP) is 3.31. The first-order valence-corrected chi connectivity index (χ1v) is 8.93. The van der Waals surface area contributed by atoms with Gasteiger partial charge in [-0.2, -0.15) is 0 Å². The maximum Gasteiger partial charge on any atom is 0.420 e. The highest BCUT2D eigenvalue weighted by Crippen LogP contribution is 2.18. The average Bonchev–Trinajstić information content (AvgIpc) is 2.95. The summed E-state index contributed by atoms with van der Waals surface area (Å²) < 4.78 is 12.4. The molecule has 3 rings (SSSR count). The van der Waals surface area contributed by atoms with E-state index >= 15 is 0 Å². The van der Waals surface area contributed by atoms with Crippen LogP contribution in [0.5, 0.6) is 5.75 Å². The Hall–Kier alpha value is -3.02. The van der Waals surface area contributed by atoms with Crippen LogP contribution in [0.4, 0.5) is 0 Å². The van der Waals surface area contributed by atoms with Gasteiger partial charge in [0.2, 0.25) is 5.91 Å². The van der Waals surface area contributed by atoms with Crippen LogP contribution in [0.15, 0.2) is 51.7 Å². The number of carbonyl (C=O) groups excluding carboxylic acids is 1. The van der Waals surface area contributed by atoms with Crippen LogP contribution < -0.4 is 10.5 Å². The summed E-state index contributed by atoms with van der Waals surface area (Å²) in [4.78, 5) is 26.5. The molecule has 0 aliphatic heterocycles. The Balaban J connectivity index is 1.66. The molecule has 0 saturated heterocycles. The fourth-order valence-electron chi connectivity index (χ4n) is 3.21. The number of aromatic nitrogens is 1. The Bertz CT molecular complexity index is 998. The maximum atomic E-state index is 12.8. The van der Waals surface area contributed by atoms with E-state index < -0.39 is 11.8 Å². The molecule has 27 heavy (non-hydrogen) atoms. The molecular formula is C21H24N2O4. The summed E-state index contributed by atoms with van der Waals surface area (Å²) in [5, 5.41) is 0. The number of hydrogen-bond donors (Lipinski definition) is 0. The molecule has 0 aliphatic rings. The van der Waals surface area contributed by atoms with E-state index in [1.54, 1.807) is 37.1 Å². The standard InChI is InChI=1S/C21H24N2O4/c1-14-11-15(2)13-17(12-14)26-10-9-22(4)20(24)16(3)23-18-7-5-6-8-19(18)27-21(23)25/h5-8,11-13,16H,9-10H2,1-4H3. The van der Waals surface area contributed by atoms with Gasteiger partial charge in [0.1, 0.15) is 18.4 Å². The minimum Gasteiger partial charge on any atom is -0.492 e. The van der Waals surface area contributed by atoms with Crippen LogP contribution in [-0.4, -0.2) is 35.6 Å². The fourth-order valence-corrected chi connectivity index (χ4v) is 3.21. The molecule has 1 atom stereocenters. The summed E-state index contributed by atoms with van der Waals surface area (Å²) in [5.74, 6) is 0.0862. The Morgan fingerprint density at radius 2 is 1.85 bits per heavy atom. The number of amides is 1. The topological polar surface area (TPSA) is 64.7 Å². The summed E-state index contributed by atoms with van der Waals surface area (Å²) in [6, 6.07) is 12.4. The van der Waals surface area contributed by atoms with Gasteiger partial charge in [0.15, 0.2) is 5.58 Å². The van der Waals surface area contributed by atoms with E-state index in [9.17, 15) is 9.59 Å². The molecule has 2 aromatic carbocycles. The van der Waals surface area contributed by atoms with E-state index in [0.717, 1.165) is 16.9 Å². The van der Waals surface area contributed by atoms with E-state index in [4.69, 9.17) is 9.15 Å². The van der Waals surface area contributed by atoms with Gasteiger partial charge >= 0.3 is 5.76 Å². The first kappa shape index (κ1) is 18.8. The Labute approximate surface area is 158 Å². The molecule has 0 radical (unpaired) electrons. The van der Waals surface area contributed by atoms with Crippen molar-refractivity contribution in [2.24, 2.45) is 0 Å². The first-order chi connectivity index (χ1) is 12.9. The average molecular weight is 368 g/mol. The molecule has 0 bridgehead atoms. The molecule has 1 heterocycles. The summed E-state index contributed by atoms with van der Waals surface area (Å²) in [6.07, 6.45) is 0. The fraction of sp³-hybridized carbons (Fsp3) is 0.333. The monoisotopic (exact) mass is 368 g/mol. The van der Waals surface area contributed by atoms with E-state index in [1.165, 1.54) is 4.57 Å². The van der Waals surface area contributed by atoms with E-state index in [1.807, 2.05) is 32.0 Å². The lowest BCUT2D eigenvalue weighted by molar-refractivity contribution is -0.133. The zero-order valence-electron chi connectivity index (χ0n) is 16.1. The van der Waals surface area contributed by atoms with Crippen molar-refractivity contribution < 1.29 is 13.9 Å². The molecule has 3 aromatic rings. The third-order valence-corrected chi connectivity index (χ3v) is 4.53. The van der Waals surface area contributed by atoms with E-state index in [0.29, 0.717) is 24.3 Å². The molecule has 0 spiro atoms. The van der Waals surface area contributed by atoms with Crippen LogP contribution in [0, 0.1) is 13.8 Å². The minimum absolute atomic E-state index is 0.173. The number of oxazole rings is 1. The highest BCUT2D eigenvalue weighted by Gasteiger charge is 2.23.